The fraction of sp³-hybridized carbons (Fsp3) is 0.698. The Labute approximate surface area is 316 Å². The van der Waals surface area contributed by atoms with E-state index in [2.05, 4.69) is 24.0 Å². The summed E-state index contributed by atoms with van der Waals surface area (Å²) in [5.74, 6) is -0.342. The van der Waals surface area contributed by atoms with Crippen LogP contribution in [0, 0.1) is 0 Å². The minimum Gasteiger partial charge on any atom is -0.477 e. The molecule has 1 aromatic carbocycles. The molecule has 2 heterocycles. The zero-order valence-corrected chi connectivity index (χ0v) is 33.0. The highest BCUT2D eigenvalue weighted by Crippen LogP contribution is 2.65. The normalized spacial score (nSPS) is 24.9. The van der Waals surface area contributed by atoms with E-state index in [1.807, 2.05) is 13.1 Å². The molecule has 1 aromatic rings. The fourth-order valence-electron chi connectivity index (χ4n) is 8.71. The smallest absolute Gasteiger partial charge is 0.477 e. The van der Waals surface area contributed by atoms with E-state index in [9.17, 15) is 19.5 Å². The molecule has 4 aliphatic rings. The molecular formula is C43H63NO9. The number of carbonyl (C=O) groups is 3. The van der Waals surface area contributed by atoms with Crippen molar-refractivity contribution in [3.63, 3.8) is 0 Å². The number of likely N-dealkylation sites (N-methyl/N-ethyl adjacent to an activating group) is 1. The van der Waals surface area contributed by atoms with Gasteiger partial charge in [-0.3, -0.25) is 4.79 Å². The number of likely N-dealkylation sites (tertiary alicyclic amines) is 1. The van der Waals surface area contributed by atoms with Gasteiger partial charge in [-0.05, 0) is 104 Å². The Morgan fingerprint density at radius 1 is 0.981 bits per heavy atom. The highest BCUT2D eigenvalue weighted by molar-refractivity contribution is 5.80. The second-order valence-electron chi connectivity index (χ2n) is 16.5. The van der Waals surface area contributed by atoms with Gasteiger partial charge in [0.1, 0.15) is 11.4 Å². The van der Waals surface area contributed by atoms with Crippen molar-refractivity contribution < 1.29 is 43.2 Å². The standard InChI is InChI=1S/C43H63NO9/c1-7-8-9-10-11-12-13-14-15-16-17-18-19-20-21-22-35(45)49-30(2)39(46)50-33-25-26-43(48)34-29-31-23-24-32(51-40(47)53-41(3,4)5)37-36(31)42(43,38(33)52-37)27-28-44(34)6/h14-15,23-25,30,34,38,48H,7-13,16-22,26-29H2,1-6H3/t30-,34?,38-,42-,43-/m0/s1. The van der Waals surface area contributed by atoms with Gasteiger partial charge in [-0.2, -0.15) is 0 Å². The van der Waals surface area contributed by atoms with Crippen molar-refractivity contribution in [1.29, 1.82) is 0 Å². The number of benzene rings is 1. The number of rotatable bonds is 19. The van der Waals surface area contributed by atoms with Gasteiger partial charge in [0.05, 0.1) is 11.0 Å². The molecule has 5 rings (SSSR count). The van der Waals surface area contributed by atoms with Crippen molar-refractivity contribution in [2.24, 2.45) is 0 Å². The maximum atomic E-state index is 13.4. The van der Waals surface area contributed by atoms with Gasteiger partial charge in [-0.1, -0.05) is 76.5 Å². The summed E-state index contributed by atoms with van der Waals surface area (Å²) in [7, 11) is 2.01. The second-order valence-corrected chi connectivity index (χ2v) is 16.5. The Bertz CT molecular complexity index is 1510. The van der Waals surface area contributed by atoms with Crippen LogP contribution in [0.25, 0.3) is 0 Å². The second kappa shape index (κ2) is 17.8. The van der Waals surface area contributed by atoms with E-state index in [1.54, 1.807) is 32.9 Å². The first-order valence-corrected chi connectivity index (χ1v) is 20.2. The van der Waals surface area contributed by atoms with Gasteiger partial charge in [-0.25, -0.2) is 9.59 Å². The number of aliphatic hydroxyl groups is 1. The van der Waals surface area contributed by atoms with E-state index in [4.69, 9.17) is 23.7 Å². The molecular weight excluding hydrogens is 674 g/mol. The summed E-state index contributed by atoms with van der Waals surface area (Å²) in [6.45, 7) is 9.72. The van der Waals surface area contributed by atoms with Crippen LogP contribution in [0.1, 0.15) is 148 Å². The van der Waals surface area contributed by atoms with Gasteiger partial charge in [0, 0.05) is 24.4 Å². The number of hydrogen-bond donors (Lipinski definition) is 1. The van der Waals surface area contributed by atoms with Crippen LogP contribution in [-0.2, 0) is 35.6 Å². The largest absolute Gasteiger partial charge is 0.514 e. The maximum Gasteiger partial charge on any atom is 0.514 e. The van der Waals surface area contributed by atoms with E-state index in [0.29, 0.717) is 31.6 Å². The highest BCUT2D eigenvalue weighted by atomic mass is 16.7. The molecule has 5 atom stereocenters. The molecule has 0 aromatic heterocycles. The van der Waals surface area contributed by atoms with Crippen LogP contribution in [0.3, 0.4) is 0 Å². The third-order valence-electron chi connectivity index (χ3n) is 11.4. The Morgan fingerprint density at radius 2 is 1.64 bits per heavy atom. The third kappa shape index (κ3) is 9.30. The predicted molar refractivity (Wildman–Crippen MR) is 203 cm³/mol. The number of ether oxygens (including phenoxy) is 5. The molecule has 2 aliphatic heterocycles. The summed E-state index contributed by atoms with van der Waals surface area (Å²) in [4.78, 5) is 40.9. The number of nitrogens with zero attached hydrogens (tertiary/aromatic N) is 1. The first-order valence-electron chi connectivity index (χ1n) is 20.2. The SMILES string of the molecule is CCCCCCCCC=CCCCCCCCC(=O)O[C@@H](C)C(=O)OC1=CC[C@]2(O)C3Cc4ccc(OC(=O)OC(C)(C)C)c5c4[C@@]2(CCN3C)[C@H]1O5. The number of allylic oxidation sites excluding steroid dienone is 2. The number of unbranched alkanes of at least 4 members (excludes halogenated alkanes) is 11. The molecule has 2 bridgehead atoms. The average molecular weight is 738 g/mol. The highest BCUT2D eigenvalue weighted by Gasteiger charge is 2.72. The van der Waals surface area contributed by atoms with E-state index >= 15 is 0 Å². The lowest BCUT2D eigenvalue weighted by Gasteiger charge is -2.61. The Morgan fingerprint density at radius 3 is 2.32 bits per heavy atom. The Hall–Kier alpha value is -3.37. The number of hydrogen-bond acceptors (Lipinski definition) is 10. The predicted octanol–water partition coefficient (Wildman–Crippen LogP) is 8.79. The van der Waals surface area contributed by atoms with Crippen molar-refractivity contribution >= 4 is 18.1 Å². The lowest BCUT2D eigenvalue weighted by molar-refractivity contribution is -0.175. The third-order valence-corrected chi connectivity index (χ3v) is 11.4. The Kier molecular flexibility index (Phi) is 13.7. The van der Waals surface area contributed by atoms with Gasteiger partial charge < -0.3 is 33.7 Å². The summed E-state index contributed by atoms with van der Waals surface area (Å²) >= 11 is 0. The quantitative estimate of drug-likeness (QED) is 0.0485. The summed E-state index contributed by atoms with van der Waals surface area (Å²) in [5, 5.41) is 12.5. The van der Waals surface area contributed by atoms with Crippen LogP contribution in [-0.4, -0.2) is 71.1 Å². The molecule has 0 amide bonds. The first kappa shape index (κ1) is 40.8. The van der Waals surface area contributed by atoms with Crippen LogP contribution < -0.4 is 9.47 Å². The topological polar surface area (TPSA) is 121 Å². The molecule has 1 N–H and O–H groups in total. The van der Waals surface area contributed by atoms with E-state index < -0.39 is 46.9 Å². The maximum absolute atomic E-state index is 13.4. The van der Waals surface area contributed by atoms with Crippen molar-refractivity contribution in [3.05, 3.63) is 47.2 Å². The summed E-state index contributed by atoms with van der Waals surface area (Å²) in [5.41, 5.74) is -1.13. The number of carbonyl (C=O) groups excluding carboxylic acids is 3. The Balaban J connectivity index is 1.11. The van der Waals surface area contributed by atoms with Crippen LogP contribution in [0.4, 0.5) is 4.79 Å². The molecule has 0 saturated carbocycles. The van der Waals surface area contributed by atoms with Crippen LogP contribution in [0.5, 0.6) is 11.5 Å². The minimum atomic E-state index is -1.22. The van der Waals surface area contributed by atoms with E-state index in [-0.39, 0.29) is 30.4 Å². The molecule has 10 heteroatoms. The van der Waals surface area contributed by atoms with Crippen molar-refractivity contribution in [3.8, 4) is 11.5 Å². The summed E-state index contributed by atoms with van der Waals surface area (Å²) in [6.07, 6.45) is 20.4. The van der Waals surface area contributed by atoms with E-state index in [1.165, 1.54) is 51.9 Å². The summed E-state index contributed by atoms with van der Waals surface area (Å²) < 4.78 is 29.1. The number of piperidine rings is 1. The number of esters is 2. The molecule has 53 heavy (non-hydrogen) atoms. The van der Waals surface area contributed by atoms with E-state index in [0.717, 1.165) is 43.2 Å². The van der Waals surface area contributed by atoms with Gasteiger partial charge in [-0.15, -0.1) is 0 Å². The molecule has 294 valence electrons. The molecule has 1 saturated heterocycles. The zero-order chi connectivity index (χ0) is 38.2. The molecule has 1 fully saturated rings. The molecule has 1 unspecified atom stereocenters. The molecule has 1 spiro atoms. The van der Waals surface area contributed by atoms with Crippen LogP contribution in [0.15, 0.2) is 36.1 Å². The lowest BCUT2D eigenvalue weighted by Crippen LogP contribution is -2.74. The molecule has 10 nitrogen and oxygen atoms in total. The molecule has 2 aliphatic carbocycles. The van der Waals surface area contributed by atoms with Gasteiger partial charge in [0.25, 0.3) is 0 Å². The first-order chi connectivity index (χ1) is 25.3. The minimum absolute atomic E-state index is 0.185. The van der Waals surface area contributed by atoms with Crippen molar-refractivity contribution in [2.75, 3.05) is 13.6 Å². The van der Waals surface area contributed by atoms with Crippen molar-refractivity contribution in [1.82, 2.24) is 4.90 Å². The summed E-state index contributed by atoms with van der Waals surface area (Å²) in [6, 6.07) is 3.42. The zero-order valence-electron chi connectivity index (χ0n) is 33.0. The lowest BCUT2D eigenvalue weighted by atomic mass is 9.50. The fourth-order valence-corrected chi connectivity index (χ4v) is 8.71. The van der Waals surface area contributed by atoms with Crippen LogP contribution >= 0.6 is 0 Å². The average Bonchev–Trinajstić information content (AvgIpc) is 3.45. The van der Waals surface area contributed by atoms with Crippen molar-refractivity contribution in [2.45, 2.75) is 179 Å². The monoisotopic (exact) mass is 737 g/mol. The van der Waals surface area contributed by atoms with Gasteiger partial charge in [0.15, 0.2) is 23.7 Å². The van der Waals surface area contributed by atoms with Gasteiger partial charge in [0.2, 0.25) is 0 Å². The van der Waals surface area contributed by atoms with Crippen LogP contribution in [0.2, 0.25) is 0 Å². The molecule has 0 radical (unpaired) electrons. The van der Waals surface area contributed by atoms with Gasteiger partial charge >= 0.3 is 18.1 Å².